The monoisotopic (exact) mass is 248 g/mol. The lowest BCUT2D eigenvalue weighted by Gasteiger charge is -2.07. The summed E-state index contributed by atoms with van der Waals surface area (Å²) in [5.41, 5.74) is 1.70. The van der Waals surface area contributed by atoms with Gasteiger partial charge in [0.05, 0.1) is 6.54 Å². The molecule has 2 rings (SSSR count). The Bertz CT molecular complexity index is 456. The molecule has 4 heteroatoms. The lowest BCUT2D eigenvalue weighted by Crippen LogP contribution is -2.28. The van der Waals surface area contributed by atoms with Crippen LogP contribution in [0, 0.1) is 6.92 Å². The third-order valence-corrected chi connectivity index (χ3v) is 4.05. The molecule has 1 heterocycles. The van der Waals surface area contributed by atoms with Crippen LogP contribution < -0.4 is 5.32 Å². The van der Waals surface area contributed by atoms with Crippen molar-refractivity contribution < 1.29 is 4.79 Å². The number of thioether (sulfide) groups is 1. The zero-order valence-corrected chi connectivity index (χ0v) is 10.9. The molecule has 0 aliphatic carbocycles. The van der Waals surface area contributed by atoms with Gasteiger partial charge in [-0.05, 0) is 25.0 Å². The van der Waals surface area contributed by atoms with E-state index in [4.69, 9.17) is 0 Å². The fourth-order valence-corrected chi connectivity index (χ4v) is 2.62. The van der Waals surface area contributed by atoms with E-state index in [0.717, 1.165) is 29.3 Å². The van der Waals surface area contributed by atoms with Crippen molar-refractivity contribution in [1.29, 1.82) is 0 Å². The lowest BCUT2D eigenvalue weighted by molar-refractivity contribution is 0.0977. The molecule has 1 unspecified atom stereocenters. The maximum absolute atomic E-state index is 12.0. The van der Waals surface area contributed by atoms with Crippen molar-refractivity contribution in [2.75, 3.05) is 6.54 Å². The number of aliphatic imine (C=N–C) groups is 1. The van der Waals surface area contributed by atoms with Crippen LogP contribution in [0.1, 0.15) is 29.3 Å². The van der Waals surface area contributed by atoms with E-state index >= 15 is 0 Å². The highest BCUT2D eigenvalue weighted by molar-refractivity contribution is 8.14. The van der Waals surface area contributed by atoms with Crippen LogP contribution in [0.25, 0.3) is 0 Å². The first-order chi connectivity index (χ1) is 8.20. The minimum Gasteiger partial charge on any atom is -0.301 e. The van der Waals surface area contributed by atoms with E-state index in [1.165, 1.54) is 0 Å². The standard InChI is InChI=1S/C13H16N2OS/c1-3-10-8-14-13(17-10)15-12(16)11-7-5-4-6-9(11)2/h4-7,10H,3,8H2,1-2H3,(H,14,15,16). The van der Waals surface area contributed by atoms with Gasteiger partial charge in [0.25, 0.3) is 5.91 Å². The Labute approximate surface area is 106 Å². The van der Waals surface area contributed by atoms with Crippen LogP contribution in [0.2, 0.25) is 0 Å². The van der Waals surface area contributed by atoms with Crippen molar-refractivity contribution in [2.45, 2.75) is 25.5 Å². The summed E-state index contributed by atoms with van der Waals surface area (Å²) in [6.45, 7) is 4.89. The molecule has 0 fully saturated rings. The molecular formula is C13H16N2OS. The van der Waals surface area contributed by atoms with Crippen LogP contribution in [0.15, 0.2) is 29.3 Å². The van der Waals surface area contributed by atoms with Gasteiger partial charge in [0.15, 0.2) is 5.17 Å². The molecule has 0 saturated carbocycles. The van der Waals surface area contributed by atoms with Crippen molar-refractivity contribution in [3.8, 4) is 0 Å². The second kappa shape index (κ2) is 5.36. The highest BCUT2D eigenvalue weighted by atomic mass is 32.2. The normalized spacial score (nSPS) is 18.9. The Kier molecular flexibility index (Phi) is 3.84. The van der Waals surface area contributed by atoms with Gasteiger partial charge >= 0.3 is 0 Å². The largest absolute Gasteiger partial charge is 0.301 e. The molecule has 1 aromatic carbocycles. The van der Waals surface area contributed by atoms with Gasteiger partial charge < -0.3 is 5.32 Å². The summed E-state index contributed by atoms with van der Waals surface area (Å²) in [6.07, 6.45) is 1.08. The molecule has 0 bridgehead atoms. The summed E-state index contributed by atoms with van der Waals surface area (Å²) in [6, 6.07) is 7.58. The zero-order chi connectivity index (χ0) is 12.3. The van der Waals surface area contributed by atoms with Gasteiger partial charge in [-0.3, -0.25) is 9.79 Å². The average molecular weight is 248 g/mol. The smallest absolute Gasteiger partial charge is 0.257 e. The number of nitrogens with one attached hydrogen (secondary N) is 1. The van der Waals surface area contributed by atoms with E-state index in [1.807, 2.05) is 31.2 Å². The molecule has 1 aromatic rings. The van der Waals surface area contributed by atoms with E-state index in [2.05, 4.69) is 17.2 Å². The molecule has 17 heavy (non-hydrogen) atoms. The molecular weight excluding hydrogens is 232 g/mol. The van der Waals surface area contributed by atoms with Crippen molar-refractivity contribution in [3.63, 3.8) is 0 Å². The molecule has 3 nitrogen and oxygen atoms in total. The number of nitrogens with zero attached hydrogens (tertiary/aromatic N) is 1. The molecule has 1 aliphatic rings. The SMILES string of the molecule is CCC1CN=C(NC(=O)c2ccccc2C)S1. The topological polar surface area (TPSA) is 41.5 Å². The number of carbonyl (C=O) groups is 1. The Hall–Kier alpha value is -1.29. The van der Waals surface area contributed by atoms with Crippen molar-refractivity contribution in [3.05, 3.63) is 35.4 Å². The predicted octanol–water partition coefficient (Wildman–Crippen LogP) is 2.61. The van der Waals surface area contributed by atoms with E-state index < -0.39 is 0 Å². The minimum atomic E-state index is -0.0638. The lowest BCUT2D eigenvalue weighted by atomic mass is 10.1. The number of rotatable bonds is 2. The molecule has 0 aromatic heterocycles. The van der Waals surface area contributed by atoms with Crippen LogP contribution in [0.4, 0.5) is 0 Å². The van der Waals surface area contributed by atoms with E-state index in [1.54, 1.807) is 11.8 Å². The summed E-state index contributed by atoms with van der Waals surface area (Å²) < 4.78 is 0. The predicted molar refractivity (Wildman–Crippen MR) is 72.6 cm³/mol. The van der Waals surface area contributed by atoms with E-state index in [-0.39, 0.29) is 5.91 Å². The van der Waals surface area contributed by atoms with Crippen LogP contribution in [0.3, 0.4) is 0 Å². The second-order valence-corrected chi connectivity index (χ2v) is 5.35. The summed E-state index contributed by atoms with van der Waals surface area (Å²) in [4.78, 5) is 16.3. The minimum absolute atomic E-state index is 0.0638. The number of amides is 1. The third-order valence-electron chi connectivity index (χ3n) is 2.78. The van der Waals surface area contributed by atoms with E-state index in [9.17, 15) is 4.79 Å². The van der Waals surface area contributed by atoms with Crippen LogP contribution in [-0.2, 0) is 0 Å². The number of carbonyl (C=O) groups excluding carboxylic acids is 1. The van der Waals surface area contributed by atoms with Crippen LogP contribution >= 0.6 is 11.8 Å². The molecule has 1 atom stereocenters. The average Bonchev–Trinajstić information content (AvgIpc) is 2.77. The second-order valence-electron chi connectivity index (χ2n) is 4.06. The van der Waals surface area contributed by atoms with Gasteiger partial charge in [0.1, 0.15) is 0 Å². The number of aryl methyl sites for hydroxylation is 1. The molecule has 0 saturated heterocycles. The number of hydrogen-bond donors (Lipinski definition) is 1. The fourth-order valence-electron chi connectivity index (χ4n) is 1.69. The molecule has 0 spiro atoms. The first kappa shape index (κ1) is 12.2. The van der Waals surface area contributed by atoms with Gasteiger partial charge in [-0.25, -0.2) is 0 Å². The van der Waals surface area contributed by atoms with E-state index in [0.29, 0.717) is 5.25 Å². The van der Waals surface area contributed by atoms with Gasteiger partial charge in [0, 0.05) is 10.8 Å². The van der Waals surface area contributed by atoms with Gasteiger partial charge in [-0.1, -0.05) is 36.9 Å². The Morgan fingerprint density at radius 1 is 1.53 bits per heavy atom. The Balaban J connectivity index is 2.01. The zero-order valence-electron chi connectivity index (χ0n) is 10.1. The number of amidine groups is 1. The summed E-state index contributed by atoms with van der Waals surface area (Å²) in [5, 5.41) is 4.14. The summed E-state index contributed by atoms with van der Waals surface area (Å²) in [7, 11) is 0. The molecule has 90 valence electrons. The Morgan fingerprint density at radius 3 is 2.94 bits per heavy atom. The molecule has 1 aliphatic heterocycles. The highest BCUT2D eigenvalue weighted by Gasteiger charge is 2.20. The van der Waals surface area contributed by atoms with Crippen molar-refractivity contribution in [2.24, 2.45) is 4.99 Å². The highest BCUT2D eigenvalue weighted by Crippen LogP contribution is 2.22. The maximum Gasteiger partial charge on any atom is 0.257 e. The third kappa shape index (κ3) is 2.88. The number of benzene rings is 1. The van der Waals surface area contributed by atoms with Crippen LogP contribution in [-0.4, -0.2) is 22.9 Å². The quantitative estimate of drug-likeness (QED) is 0.874. The first-order valence-electron chi connectivity index (χ1n) is 5.78. The van der Waals surface area contributed by atoms with Gasteiger partial charge in [-0.15, -0.1) is 0 Å². The fraction of sp³-hybridized carbons (Fsp3) is 0.385. The maximum atomic E-state index is 12.0. The van der Waals surface area contributed by atoms with Gasteiger partial charge in [0.2, 0.25) is 0 Å². The van der Waals surface area contributed by atoms with Crippen LogP contribution in [0.5, 0.6) is 0 Å². The molecule has 1 amide bonds. The van der Waals surface area contributed by atoms with Gasteiger partial charge in [-0.2, -0.15) is 0 Å². The number of hydrogen-bond acceptors (Lipinski definition) is 3. The molecule has 1 N–H and O–H groups in total. The summed E-state index contributed by atoms with van der Waals surface area (Å²) in [5.74, 6) is -0.0638. The first-order valence-corrected chi connectivity index (χ1v) is 6.66. The Morgan fingerprint density at radius 2 is 2.29 bits per heavy atom. The molecule has 0 radical (unpaired) electrons. The summed E-state index contributed by atoms with van der Waals surface area (Å²) >= 11 is 1.66. The van der Waals surface area contributed by atoms with Crippen molar-refractivity contribution in [1.82, 2.24) is 5.32 Å². The van der Waals surface area contributed by atoms with Crippen molar-refractivity contribution >= 4 is 22.8 Å².